The number of hydrogen-bond donors (Lipinski definition) is 6. The van der Waals surface area contributed by atoms with Crippen LogP contribution < -0.4 is 0 Å². The summed E-state index contributed by atoms with van der Waals surface area (Å²) in [5, 5.41) is 62.2. The molecule has 0 spiro atoms. The fourth-order valence-electron chi connectivity index (χ4n) is 4.58. The highest BCUT2D eigenvalue weighted by molar-refractivity contribution is 5.76. The molecule has 2 aliphatic rings. The van der Waals surface area contributed by atoms with Gasteiger partial charge in [-0.05, 0) is 6.92 Å². The molecule has 0 radical (unpaired) electrons. The van der Waals surface area contributed by atoms with Crippen molar-refractivity contribution in [3.63, 3.8) is 0 Å². The van der Waals surface area contributed by atoms with Crippen molar-refractivity contribution in [2.24, 2.45) is 0 Å². The zero-order valence-corrected chi connectivity index (χ0v) is 22.1. The summed E-state index contributed by atoms with van der Waals surface area (Å²) in [7, 11) is 4.98. The van der Waals surface area contributed by atoms with E-state index >= 15 is 0 Å². The molecular weight excluding hydrogens is 498 g/mol. The number of aliphatic hydroxyl groups is 6. The Balaban J connectivity index is 1.98. The van der Waals surface area contributed by atoms with Crippen LogP contribution in [0.25, 0.3) is 0 Å². The first kappa shape index (κ1) is 32.4. The minimum atomic E-state index is -1.58. The third kappa shape index (κ3) is 9.10. The van der Waals surface area contributed by atoms with E-state index in [9.17, 15) is 35.4 Å². The Kier molecular flexibility index (Phi) is 12.7. The van der Waals surface area contributed by atoms with E-state index in [-0.39, 0.29) is 49.8 Å². The maximum atomic E-state index is 11.4. The summed E-state index contributed by atoms with van der Waals surface area (Å²) in [6, 6.07) is 0. The molecule has 2 heterocycles. The van der Waals surface area contributed by atoms with Gasteiger partial charge >= 0.3 is 0 Å². The van der Waals surface area contributed by atoms with Crippen molar-refractivity contribution in [1.29, 1.82) is 0 Å². The SMILES string of the molecule is CCO[C@H]1OC(CO[C@H]2OC(COC)[C@@H](O)[C@@H](O)C2O)[C@@H](O)[C@@H](O)C1OCC(O)C[N+](C)(C)CC(C)=O. The predicted octanol–water partition coefficient (Wildman–Crippen LogP) is -3.65. The van der Waals surface area contributed by atoms with Crippen LogP contribution >= 0.6 is 0 Å². The first-order valence-corrected chi connectivity index (χ1v) is 12.4. The maximum Gasteiger partial charge on any atom is 0.186 e. The van der Waals surface area contributed by atoms with Gasteiger partial charge in [-0.3, -0.25) is 4.79 Å². The van der Waals surface area contributed by atoms with Crippen LogP contribution in [0.15, 0.2) is 0 Å². The Morgan fingerprint density at radius 2 is 1.46 bits per heavy atom. The molecule has 218 valence electrons. The second kappa shape index (κ2) is 14.5. The first-order chi connectivity index (χ1) is 17.3. The van der Waals surface area contributed by atoms with Crippen LogP contribution in [-0.2, 0) is 33.2 Å². The number of ether oxygens (including phenoxy) is 6. The molecule has 0 saturated carbocycles. The standard InChI is InChI=1S/C23H44NO13/c1-6-33-23-21(34-9-13(26)8-24(3,4)7-12(2)25)19(30)17(28)15(37-23)11-35-22-20(31)18(29)16(27)14(36-22)10-32-5/h13-23,26-31H,6-11H2,1-5H3/q+1/t13?,14?,15?,16-,17-,18-,19-,20?,21?,22+,23+/m1/s1. The second-order valence-electron chi connectivity index (χ2n) is 10.2. The number of carbonyl (C=O) groups excluding carboxylic acids is 1. The Labute approximate surface area is 216 Å². The molecule has 2 rings (SSSR count). The lowest BCUT2D eigenvalue weighted by Gasteiger charge is -2.44. The number of methoxy groups -OCH3 is 1. The van der Waals surface area contributed by atoms with E-state index in [0.717, 1.165) is 0 Å². The molecule has 0 aromatic heterocycles. The quantitative estimate of drug-likeness (QED) is 0.118. The molecule has 5 unspecified atom stereocenters. The van der Waals surface area contributed by atoms with E-state index in [0.29, 0.717) is 0 Å². The molecular formula is C23H44NO13+. The fraction of sp³-hybridized carbons (Fsp3) is 0.957. The molecule has 2 fully saturated rings. The molecule has 14 heteroatoms. The molecule has 0 bridgehead atoms. The largest absolute Gasteiger partial charge is 0.387 e. The average molecular weight is 543 g/mol. The van der Waals surface area contributed by atoms with E-state index in [4.69, 9.17) is 28.4 Å². The van der Waals surface area contributed by atoms with Gasteiger partial charge in [-0.25, -0.2) is 0 Å². The van der Waals surface area contributed by atoms with Crippen LogP contribution in [0, 0.1) is 0 Å². The van der Waals surface area contributed by atoms with Crippen molar-refractivity contribution < 1.29 is 68.3 Å². The van der Waals surface area contributed by atoms with E-state index in [2.05, 4.69) is 0 Å². The summed E-state index contributed by atoms with van der Waals surface area (Å²) >= 11 is 0. The van der Waals surface area contributed by atoms with Gasteiger partial charge in [0.1, 0.15) is 68.0 Å². The van der Waals surface area contributed by atoms with Crippen molar-refractivity contribution in [1.82, 2.24) is 0 Å². The van der Waals surface area contributed by atoms with Gasteiger partial charge in [0.05, 0.1) is 33.9 Å². The number of likely N-dealkylation sites (N-methyl/N-ethyl adjacent to an activating group) is 1. The van der Waals surface area contributed by atoms with Crippen LogP contribution in [0.1, 0.15) is 13.8 Å². The highest BCUT2D eigenvalue weighted by Gasteiger charge is 2.48. The number of Topliss-reactive ketones (excluding diaryl/α,β-unsaturated/α-hetero) is 1. The number of ketones is 1. The van der Waals surface area contributed by atoms with Crippen LogP contribution in [0.3, 0.4) is 0 Å². The molecule has 0 aromatic rings. The monoisotopic (exact) mass is 542 g/mol. The third-order valence-corrected chi connectivity index (χ3v) is 6.24. The summed E-state index contributed by atoms with van der Waals surface area (Å²) in [4.78, 5) is 11.4. The molecule has 0 aliphatic carbocycles. The molecule has 14 nitrogen and oxygen atoms in total. The van der Waals surface area contributed by atoms with E-state index in [1.807, 2.05) is 0 Å². The van der Waals surface area contributed by atoms with Gasteiger partial charge in [-0.15, -0.1) is 0 Å². The van der Waals surface area contributed by atoms with Gasteiger partial charge in [0, 0.05) is 20.6 Å². The summed E-state index contributed by atoms with van der Waals surface area (Å²) in [5.41, 5.74) is 0. The summed E-state index contributed by atoms with van der Waals surface area (Å²) in [6.07, 6.45) is -14.2. The topological polar surface area (TPSA) is 194 Å². The molecule has 2 saturated heterocycles. The van der Waals surface area contributed by atoms with E-state index in [1.165, 1.54) is 14.0 Å². The van der Waals surface area contributed by atoms with Crippen molar-refractivity contribution in [3.05, 3.63) is 0 Å². The molecule has 0 amide bonds. The number of aliphatic hydroxyl groups excluding tert-OH is 6. The molecule has 2 aliphatic heterocycles. The van der Waals surface area contributed by atoms with E-state index in [1.54, 1.807) is 21.0 Å². The van der Waals surface area contributed by atoms with Gasteiger partial charge in [-0.1, -0.05) is 0 Å². The third-order valence-electron chi connectivity index (χ3n) is 6.24. The number of quaternary nitrogens is 1. The molecule has 37 heavy (non-hydrogen) atoms. The van der Waals surface area contributed by atoms with Gasteiger partial charge in [-0.2, -0.15) is 0 Å². The van der Waals surface area contributed by atoms with Crippen molar-refractivity contribution in [2.75, 3.05) is 60.7 Å². The lowest BCUT2D eigenvalue weighted by molar-refractivity contribution is -0.885. The summed E-state index contributed by atoms with van der Waals surface area (Å²) in [6.45, 7) is 3.19. The Bertz CT molecular complexity index is 698. The Hall–Kier alpha value is -0.850. The molecule has 11 atom stereocenters. The van der Waals surface area contributed by atoms with Gasteiger partial charge in [0.2, 0.25) is 0 Å². The molecule has 6 N–H and O–H groups in total. The predicted molar refractivity (Wildman–Crippen MR) is 125 cm³/mol. The number of rotatable bonds is 14. The summed E-state index contributed by atoms with van der Waals surface area (Å²) in [5.74, 6) is -0.0203. The number of carbonyl (C=O) groups is 1. The Morgan fingerprint density at radius 1 is 0.865 bits per heavy atom. The van der Waals surface area contributed by atoms with Crippen molar-refractivity contribution in [3.8, 4) is 0 Å². The highest BCUT2D eigenvalue weighted by atomic mass is 16.7. The zero-order valence-electron chi connectivity index (χ0n) is 22.1. The Morgan fingerprint density at radius 3 is 2.05 bits per heavy atom. The van der Waals surface area contributed by atoms with E-state index < -0.39 is 67.5 Å². The first-order valence-electron chi connectivity index (χ1n) is 12.4. The zero-order chi connectivity index (χ0) is 27.9. The lowest BCUT2D eigenvalue weighted by Crippen LogP contribution is -2.62. The lowest BCUT2D eigenvalue weighted by atomic mass is 9.98. The summed E-state index contributed by atoms with van der Waals surface area (Å²) < 4.78 is 33.2. The normalized spacial score (nSPS) is 37.9. The minimum absolute atomic E-state index is 0.0203. The second-order valence-corrected chi connectivity index (χ2v) is 10.2. The van der Waals surface area contributed by atoms with Gasteiger partial charge < -0.3 is 63.5 Å². The van der Waals surface area contributed by atoms with Gasteiger partial charge in [0.25, 0.3) is 0 Å². The molecule has 0 aromatic carbocycles. The van der Waals surface area contributed by atoms with Gasteiger partial charge in [0.15, 0.2) is 18.4 Å². The highest BCUT2D eigenvalue weighted by Crippen LogP contribution is 2.27. The fourth-order valence-corrected chi connectivity index (χ4v) is 4.58. The van der Waals surface area contributed by atoms with Crippen LogP contribution in [0.5, 0.6) is 0 Å². The smallest absolute Gasteiger partial charge is 0.186 e. The average Bonchev–Trinajstić information content (AvgIpc) is 2.80. The van der Waals surface area contributed by atoms with Crippen LogP contribution in [-0.4, -0.2) is 169 Å². The number of nitrogens with zero attached hydrogens (tertiary/aromatic N) is 1. The maximum absolute atomic E-state index is 11.4. The van der Waals surface area contributed by atoms with Crippen LogP contribution in [0.4, 0.5) is 0 Å². The van der Waals surface area contributed by atoms with Crippen LogP contribution in [0.2, 0.25) is 0 Å². The number of hydrogen-bond acceptors (Lipinski definition) is 13. The van der Waals surface area contributed by atoms with Crippen molar-refractivity contribution >= 4 is 5.78 Å². The van der Waals surface area contributed by atoms with Crippen molar-refractivity contribution in [2.45, 2.75) is 81.4 Å². The minimum Gasteiger partial charge on any atom is -0.387 e.